The molecule has 0 unspecified atom stereocenters. The highest BCUT2D eigenvalue weighted by Gasteiger charge is 2.16. The van der Waals surface area contributed by atoms with Crippen LogP contribution >= 0.6 is 0 Å². The zero-order valence-electron chi connectivity index (χ0n) is 11.9. The second-order valence-corrected chi connectivity index (χ2v) is 4.20. The van der Waals surface area contributed by atoms with Crippen molar-refractivity contribution in [3.8, 4) is 0 Å². The van der Waals surface area contributed by atoms with Gasteiger partial charge in [-0.05, 0) is 18.9 Å². The Morgan fingerprint density at radius 3 is 1.67 bits per heavy atom. The van der Waals surface area contributed by atoms with Crippen LogP contribution in [0, 0.1) is 5.92 Å². The fourth-order valence-electron chi connectivity index (χ4n) is 1.51. The first kappa shape index (κ1) is 16.6. The lowest BCUT2D eigenvalue weighted by Gasteiger charge is -2.04. The summed E-state index contributed by atoms with van der Waals surface area (Å²) in [6.45, 7) is 7.40. The quantitative estimate of drug-likeness (QED) is 0.742. The molecular weight excluding hydrogens is 224 g/mol. The van der Waals surface area contributed by atoms with E-state index in [0.29, 0.717) is 12.8 Å². The SMILES string of the molecule is CCC(=O)C(C)C(=O)CC.CCc1ccccc1. The summed E-state index contributed by atoms with van der Waals surface area (Å²) in [6, 6.07) is 10.5. The molecule has 0 heterocycles. The van der Waals surface area contributed by atoms with Gasteiger partial charge in [0.15, 0.2) is 0 Å². The average Bonchev–Trinajstić information content (AvgIpc) is 2.46. The van der Waals surface area contributed by atoms with Gasteiger partial charge in [0.05, 0.1) is 5.92 Å². The Bertz CT molecular complexity index is 339. The Hall–Kier alpha value is -1.44. The van der Waals surface area contributed by atoms with Crippen molar-refractivity contribution in [2.24, 2.45) is 5.92 Å². The molecular formula is C16H24O2. The molecule has 1 aromatic rings. The van der Waals surface area contributed by atoms with Gasteiger partial charge in [0.2, 0.25) is 0 Å². The third-order valence-corrected chi connectivity index (χ3v) is 2.91. The van der Waals surface area contributed by atoms with Gasteiger partial charge in [-0.2, -0.15) is 0 Å². The number of Topliss-reactive ketones (excluding diaryl/α,β-unsaturated/α-hetero) is 2. The molecule has 0 spiro atoms. The number of hydrogen-bond donors (Lipinski definition) is 0. The number of rotatable bonds is 5. The van der Waals surface area contributed by atoms with Crippen molar-refractivity contribution in [1.29, 1.82) is 0 Å². The summed E-state index contributed by atoms with van der Waals surface area (Å²) in [4.78, 5) is 21.8. The Morgan fingerprint density at radius 2 is 1.39 bits per heavy atom. The van der Waals surface area contributed by atoms with E-state index in [1.165, 1.54) is 5.56 Å². The molecule has 1 rings (SSSR count). The van der Waals surface area contributed by atoms with Crippen LogP contribution in [-0.2, 0) is 16.0 Å². The summed E-state index contributed by atoms with van der Waals surface area (Å²) in [5.41, 5.74) is 1.41. The first-order valence-electron chi connectivity index (χ1n) is 6.66. The first-order valence-corrected chi connectivity index (χ1v) is 6.66. The smallest absolute Gasteiger partial charge is 0.142 e. The van der Waals surface area contributed by atoms with E-state index in [1.54, 1.807) is 20.8 Å². The zero-order chi connectivity index (χ0) is 14.0. The largest absolute Gasteiger partial charge is 0.299 e. The number of benzene rings is 1. The Kier molecular flexibility index (Phi) is 8.81. The predicted molar refractivity (Wildman–Crippen MR) is 75.6 cm³/mol. The van der Waals surface area contributed by atoms with E-state index in [9.17, 15) is 9.59 Å². The molecule has 0 N–H and O–H groups in total. The average molecular weight is 248 g/mol. The van der Waals surface area contributed by atoms with E-state index in [4.69, 9.17) is 0 Å². The van der Waals surface area contributed by atoms with Crippen LogP contribution in [0.2, 0.25) is 0 Å². The molecule has 1 aromatic carbocycles. The van der Waals surface area contributed by atoms with Crippen molar-refractivity contribution < 1.29 is 9.59 Å². The molecule has 2 nitrogen and oxygen atoms in total. The van der Waals surface area contributed by atoms with Gasteiger partial charge >= 0.3 is 0 Å². The molecule has 0 bridgehead atoms. The molecule has 0 saturated heterocycles. The highest BCUT2D eigenvalue weighted by Crippen LogP contribution is 2.03. The minimum atomic E-state index is -0.380. The van der Waals surface area contributed by atoms with Crippen molar-refractivity contribution in [1.82, 2.24) is 0 Å². The third-order valence-electron chi connectivity index (χ3n) is 2.91. The molecule has 100 valence electrons. The van der Waals surface area contributed by atoms with E-state index in [-0.39, 0.29) is 17.5 Å². The highest BCUT2D eigenvalue weighted by atomic mass is 16.1. The summed E-state index contributed by atoms with van der Waals surface area (Å²) in [5, 5.41) is 0. The van der Waals surface area contributed by atoms with E-state index in [1.807, 2.05) is 6.07 Å². The molecule has 0 radical (unpaired) electrons. The van der Waals surface area contributed by atoms with Crippen LogP contribution in [0.15, 0.2) is 30.3 Å². The maximum atomic E-state index is 10.9. The molecule has 0 saturated carbocycles. The number of ketones is 2. The van der Waals surface area contributed by atoms with Crippen LogP contribution in [0.5, 0.6) is 0 Å². The second-order valence-electron chi connectivity index (χ2n) is 4.20. The maximum Gasteiger partial charge on any atom is 0.142 e. The number of hydrogen-bond acceptors (Lipinski definition) is 2. The monoisotopic (exact) mass is 248 g/mol. The van der Waals surface area contributed by atoms with Gasteiger partial charge < -0.3 is 0 Å². The summed E-state index contributed by atoms with van der Waals surface area (Å²) >= 11 is 0. The van der Waals surface area contributed by atoms with Crippen molar-refractivity contribution in [3.63, 3.8) is 0 Å². The van der Waals surface area contributed by atoms with Gasteiger partial charge in [0.25, 0.3) is 0 Å². The minimum Gasteiger partial charge on any atom is -0.299 e. The molecule has 0 aliphatic carbocycles. The summed E-state index contributed by atoms with van der Waals surface area (Å²) in [5.74, 6) is -0.284. The van der Waals surface area contributed by atoms with Gasteiger partial charge in [0, 0.05) is 12.8 Å². The molecule has 0 amide bonds. The Morgan fingerprint density at radius 1 is 0.944 bits per heavy atom. The number of carbonyl (C=O) groups is 2. The first-order chi connectivity index (χ1) is 8.56. The van der Waals surface area contributed by atoms with Crippen LogP contribution in [0.3, 0.4) is 0 Å². The van der Waals surface area contributed by atoms with E-state index < -0.39 is 0 Å². The van der Waals surface area contributed by atoms with Gasteiger partial charge in [0.1, 0.15) is 11.6 Å². The highest BCUT2D eigenvalue weighted by molar-refractivity contribution is 6.01. The van der Waals surface area contributed by atoms with Gasteiger partial charge in [-0.1, -0.05) is 51.1 Å². The van der Waals surface area contributed by atoms with Crippen molar-refractivity contribution >= 4 is 11.6 Å². The van der Waals surface area contributed by atoms with Crippen LogP contribution < -0.4 is 0 Å². The van der Waals surface area contributed by atoms with Gasteiger partial charge in [-0.15, -0.1) is 0 Å². The summed E-state index contributed by atoms with van der Waals surface area (Å²) < 4.78 is 0. The molecule has 18 heavy (non-hydrogen) atoms. The maximum absolute atomic E-state index is 10.9. The lowest BCUT2D eigenvalue weighted by atomic mass is 9.98. The van der Waals surface area contributed by atoms with E-state index in [2.05, 4.69) is 31.2 Å². The van der Waals surface area contributed by atoms with Gasteiger partial charge in [-0.3, -0.25) is 9.59 Å². The van der Waals surface area contributed by atoms with Crippen molar-refractivity contribution in [3.05, 3.63) is 35.9 Å². The van der Waals surface area contributed by atoms with Crippen molar-refractivity contribution in [2.75, 3.05) is 0 Å². The standard InChI is InChI=1S/C8H14O2.C8H10/c1-4-7(9)6(3)8(10)5-2;1-2-8-6-4-3-5-7-8/h6H,4-5H2,1-3H3;3-7H,2H2,1H3. The van der Waals surface area contributed by atoms with Crippen LogP contribution in [0.1, 0.15) is 46.1 Å². The zero-order valence-corrected chi connectivity index (χ0v) is 11.9. The summed E-state index contributed by atoms with van der Waals surface area (Å²) in [6.07, 6.45) is 2.07. The Balaban J connectivity index is 0.000000327. The van der Waals surface area contributed by atoms with E-state index >= 15 is 0 Å². The van der Waals surface area contributed by atoms with Crippen LogP contribution in [-0.4, -0.2) is 11.6 Å². The van der Waals surface area contributed by atoms with Gasteiger partial charge in [-0.25, -0.2) is 0 Å². The van der Waals surface area contributed by atoms with E-state index in [0.717, 1.165) is 6.42 Å². The topological polar surface area (TPSA) is 34.1 Å². The number of aryl methyl sites for hydroxylation is 1. The lowest BCUT2D eigenvalue weighted by molar-refractivity contribution is -0.131. The number of carbonyl (C=O) groups excluding carboxylic acids is 2. The molecule has 2 heteroatoms. The molecule has 0 aliphatic heterocycles. The normalized spacial score (nSPS) is 9.61. The molecule has 0 fully saturated rings. The predicted octanol–water partition coefficient (Wildman–Crippen LogP) is 3.83. The fraction of sp³-hybridized carbons (Fsp3) is 0.500. The Labute approximate surface area is 110 Å². The van der Waals surface area contributed by atoms with Crippen LogP contribution in [0.25, 0.3) is 0 Å². The molecule has 0 aliphatic rings. The fourth-order valence-corrected chi connectivity index (χ4v) is 1.51. The minimum absolute atomic E-state index is 0.0480. The lowest BCUT2D eigenvalue weighted by Crippen LogP contribution is -2.19. The second kappa shape index (κ2) is 9.58. The van der Waals surface area contributed by atoms with Crippen molar-refractivity contribution in [2.45, 2.75) is 47.0 Å². The summed E-state index contributed by atoms with van der Waals surface area (Å²) in [7, 11) is 0. The third kappa shape index (κ3) is 6.33. The molecule has 0 atom stereocenters. The molecule has 0 aromatic heterocycles. The van der Waals surface area contributed by atoms with Crippen LogP contribution in [0.4, 0.5) is 0 Å².